The first kappa shape index (κ1) is 17.7. The molecule has 25 heavy (non-hydrogen) atoms. The van der Waals surface area contributed by atoms with Crippen LogP contribution < -0.4 is 10.2 Å². The third kappa shape index (κ3) is 4.12. The van der Waals surface area contributed by atoms with Crippen LogP contribution in [0.3, 0.4) is 0 Å². The van der Waals surface area contributed by atoms with Crippen LogP contribution in [0.25, 0.3) is 0 Å². The van der Waals surface area contributed by atoms with Gasteiger partial charge in [0.25, 0.3) is 11.8 Å². The highest BCUT2D eigenvalue weighted by Crippen LogP contribution is 2.25. The zero-order valence-electron chi connectivity index (χ0n) is 14.1. The van der Waals surface area contributed by atoms with Gasteiger partial charge >= 0.3 is 0 Å². The second-order valence-electron chi connectivity index (χ2n) is 6.35. The van der Waals surface area contributed by atoms with E-state index < -0.39 is 0 Å². The summed E-state index contributed by atoms with van der Waals surface area (Å²) in [6.45, 7) is 0.690. The molecule has 1 saturated carbocycles. The quantitative estimate of drug-likeness (QED) is 0.810. The van der Waals surface area contributed by atoms with Crippen LogP contribution in [-0.2, 0) is 0 Å². The van der Waals surface area contributed by atoms with Crippen LogP contribution in [0.2, 0.25) is 0 Å². The molecule has 0 unspecified atom stereocenters. The van der Waals surface area contributed by atoms with Gasteiger partial charge in [0.2, 0.25) is 0 Å². The van der Waals surface area contributed by atoms with E-state index in [9.17, 15) is 9.59 Å². The minimum absolute atomic E-state index is 0.150. The van der Waals surface area contributed by atoms with Crippen molar-refractivity contribution in [3.8, 4) is 0 Å². The molecule has 0 bridgehead atoms. The molecule has 1 aromatic heterocycles. The molecular weight excluding hydrogens is 384 g/mol. The molecule has 0 saturated heterocycles. The molecule has 1 aliphatic carbocycles. The normalized spacial score (nSPS) is 14.5. The number of carbonyl (C=O) groups is 2. The molecule has 2 amide bonds. The van der Waals surface area contributed by atoms with Crippen molar-refractivity contribution in [2.45, 2.75) is 25.7 Å². The van der Waals surface area contributed by atoms with E-state index in [0.717, 1.165) is 0 Å². The summed E-state index contributed by atoms with van der Waals surface area (Å²) in [5, 5.41) is 3.01. The van der Waals surface area contributed by atoms with Gasteiger partial charge in [-0.15, -0.1) is 0 Å². The zero-order chi connectivity index (χ0) is 17.8. The lowest BCUT2D eigenvalue weighted by atomic mass is 10.1. The van der Waals surface area contributed by atoms with Crippen LogP contribution in [0.5, 0.6) is 0 Å². The van der Waals surface area contributed by atoms with Crippen LogP contribution in [0.4, 0.5) is 5.69 Å². The van der Waals surface area contributed by atoms with E-state index in [0.29, 0.717) is 28.4 Å². The summed E-state index contributed by atoms with van der Waals surface area (Å²) in [6.07, 6.45) is 4.83. The molecule has 0 radical (unpaired) electrons. The van der Waals surface area contributed by atoms with Gasteiger partial charge in [-0.05, 0) is 59.0 Å². The Bertz CT molecular complexity index is 766. The van der Waals surface area contributed by atoms with Crippen molar-refractivity contribution >= 4 is 33.4 Å². The van der Waals surface area contributed by atoms with Crippen LogP contribution in [0.1, 0.15) is 46.6 Å². The van der Waals surface area contributed by atoms with Crippen molar-refractivity contribution in [2.75, 3.05) is 18.5 Å². The number of furan rings is 1. The van der Waals surface area contributed by atoms with Gasteiger partial charge in [-0.1, -0.05) is 25.0 Å². The Labute approximate surface area is 155 Å². The fourth-order valence-electron chi connectivity index (χ4n) is 3.21. The number of benzene rings is 1. The summed E-state index contributed by atoms with van der Waals surface area (Å²) in [7, 11) is 1.64. The zero-order valence-corrected chi connectivity index (χ0v) is 15.7. The van der Waals surface area contributed by atoms with E-state index in [1.165, 1.54) is 30.6 Å². The van der Waals surface area contributed by atoms with Gasteiger partial charge in [0.15, 0.2) is 10.4 Å². The molecule has 0 atom stereocenters. The van der Waals surface area contributed by atoms with Crippen molar-refractivity contribution in [3.05, 3.63) is 52.4 Å². The predicted molar refractivity (Wildman–Crippen MR) is 99.9 cm³/mol. The molecule has 0 spiro atoms. The molecule has 5 nitrogen and oxygen atoms in total. The Morgan fingerprint density at radius 2 is 1.92 bits per heavy atom. The summed E-state index contributed by atoms with van der Waals surface area (Å²) in [5.41, 5.74) is 1.05. The first-order valence-electron chi connectivity index (χ1n) is 8.47. The third-order valence-corrected chi connectivity index (χ3v) is 5.05. The van der Waals surface area contributed by atoms with Crippen LogP contribution >= 0.6 is 15.9 Å². The molecule has 0 aliphatic heterocycles. The van der Waals surface area contributed by atoms with E-state index in [1.54, 1.807) is 37.4 Å². The van der Waals surface area contributed by atoms with E-state index in [2.05, 4.69) is 21.2 Å². The van der Waals surface area contributed by atoms with Crippen molar-refractivity contribution in [2.24, 2.45) is 5.92 Å². The summed E-state index contributed by atoms with van der Waals surface area (Å²) in [6, 6.07) is 10.4. The van der Waals surface area contributed by atoms with Gasteiger partial charge in [-0.2, -0.15) is 0 Å². The average molecular weight is 405 g/mol. The maximum absolute atomic E-state index is 12.6. The Kier molecular flexibility index (Phi) is 5.58. The molecule has 1 aliphatic rings. The summed E-state index contributed by atoms with van der Waals surface area (Å²) >= 11 is 3.19. The number of hydrogen-bond acceptors (Lipinski definition) is 3. The fraction of sp³-hybridized carbons (Fsp3) is 0.368. The minimum atomic E-state index is -0.304. The van der Waals surface area contributed by atoms with Crippen molar-refractivity contribution in [1.29, 1.82) is 0 Å². The van der Waals surface area contributed by atoms with Crippen LogP contribution in [-0.4, -0.2) is 25.4 Å². The lowest BCUT2D eigenvalue weighted by Crippen LogP contribution is -2.32. The highest BCUT2D eigenvalue weighted by atomic mass is 79.9. The van der Waals surface area contributed by atoms with E-state index in [4.69, 9.17) is 4.42 Å². The van der Waals surface area contributed by atoms with Gasteiger partial charge in [-0.25, -0.2) is 0 Å². The average Bonchev–Trinajstić information content (AvgIpc) is 3.30. The van der Waals surface area contributed by atoms with Gasteiger partial charge in [0.1, 0.15) is 0 Å². The molecule has 1 N–H and O–H groups in total. The fourth-order valence-corrected chi connectivity index (χ4v) is 3.52. The van der Waals surface area contributed by atoms with Crippen molar-refractivity contribution in [1.82, 2.24) is 5.32 Å². The number of hydrogen-bond donors (Lipinski definition) is 1. The molecule has 3 rings (SSSR count). The van der Waals surface area contributed by atoms with Crippen LogP contribution in [0.15, 0.2) is 45.5 Å². The number of anilines is 1. The Balaban J connectivity index is 1.75. The summed E-state index contributed by atoms with van der Waals surface area (Å²) in [5.74, 6) is 0.330. The molecule has 1 heterocycles. The standard InChI is InChI=1S/C19H21BrN2O3/c1-22(19(24)16-10-11-17(20)25-16)15-9-5-4-8-14(15)18(23)21-12-13-6-2-3-7-13/h4-5,8-11,13H,2-3,6-7,12H2,1H3,(H,21,23). The number of nitrogens with one attached hydrogen (secondary N) is 1. The van der Waals surface area contributed by atoms with Crippen molar-refractivity contribution in [3.63, 3.8) is 0 Å². The lowest BCUT2D eigenvalue weighted by molar-refractivity contribution is 0.0947. The number of amides is 2. The molecule has 6 heteroatoms. The smallest absolute Gasteiger partial charge is 0.293 e. The van der Waals surface area contributed by atoms with Gasteiger partial charge in [0.05, 0.1) is 11.3 Å². The number of halogens is 1. The number of rotatable bonds is 5. The number of nitrogens with zero attached hydrogens (tertiary/aromatic N) is 1. The van der Waals surface area contributed by atoms with E-state index >= 15 is 0 Å². The maximum Gasteiger partial charge on any atom is 0.293 e. The van der Waals surface area contributed by atoms with Crippen molar-refractivity contribution < 1.29 is 14.0 Å². The van der Waals surface area contributed by atoms with Gasteiger partial charge in [0, 0.05) is 13.6 Å². The summed E-state index contributed by atoms with van der Waals surface area (Å²) in [4.78, 5) is 26.6. The summed E-state index contributed by atoms with van der Waals surface area (Å²) < 4.78 is 5.82. The number of para-hydroxylation sites is 1. The monoisotopic (exact) mass is 404 g/mol. The molecule has 132 valence electrons. The van der Waals surface area contributed by atoms with Crippen LogP contribution in [0, 0.1) is 5.92 Å². The SMILES string of the molecule is CN(C(=O)c1ccc(Br)o1)c1ccccc1C(=O)NCC1CCCC1. The number of carbonyl (C=O) groups excluding carboxylic acids is 2. The topological polar surface area (TPSA) is 62.6 Å². The maximum atomic E-state index is 12.6. The molecule has 2 aromatic rings. The molecule has 1 fully saturated rings. The minimum Gasteiger partial charge on any atom is -0.444 e. The largest absolute Gasteiger partial charge is 0.444 e. The van der Waals surface area contributed by atoms with E-state index in [-0.39, 0.29) is 17.6 Å². The highest BCUT2D eigenvalue weighted by molar-refractivity contribution is 9.10. The van der Waals surface area contributed by atoms with E-state index in [1.807, 2.05) is 6.07 Å². The second-order valence-corrected chi connectivity index (χ2v) is 7.13. The highest BCUT2D eigenvalue weighted by Gasteiger charge is 2.22. The Morgan fingerprint density at radius 1 is 1.20 bits per heavy atom. The Hall–Kier alpha value is -2.08. The van der Waals surface area contributed by atoms with Gasteiger partial charge < -0.3 is 14.6 Å². The van der Waals surface area contributed by atoms with Gasteiger partial charge in [-0.3, -0.25) is 9.59 Å². The Morgan fingerprint density at radius 3 is 2.60 bits per heavy atom. The second kappa shape index (κ2) is 7.87. The predicted octanol–water partition coefficient (Wildman–Crippen LogP) is 4.24. The lowest BCUT2D eigenvalue weighted by Gasteiger charge is -2.20. The molecule has 1 aromatic carbocycles. The third-order valence-electron chi connectivity index (χ3n) is 4.62. The first-order valence-corrected chi connectivity index (χ1v) is 9.26. The molecular formula is C19H21BrN2O3. The first-order chi connectivity index (χ1) is 12.1.